The van der Waals surface area contributed by atoms with Crippen LogP contribution in [0.4, 0.5) is 0 Å². The lowest BCUT2D eigenvalue weighted by atomic mass is 9.83. The molecule has 2 N–H and O–H groups in total. The molecule has 0 fully saturated rings. The molecule has 0 amide bonds. The van der Waals surface area contributed by atoms with Gasteiger partial charge in [0.25, 0.3) is 0 Å². The molecule has 0 saturated carbocycles. The third kappa shape index (κ3) is 3.74. The number of aliphatic imine (C=N–C) groups is 1. The number of Topliss-reactive ketones (excluding diaryl/α,β-unsaturated/α-hetero) is 1. The molecule has 23 heavy (non-hydrogen) atoms. The van der Waals surface area contributed by atoms with Crippen molar-refractivity contribution in [2.24, 2.45) is 4.99 Å². The van der Waals surface area contributed by atoms with E-state index in [1.807, 2.05) is 30.3 Å². The van der Waals surface area contributed by atoms with E-state index in [1.165, 1.54) is 6.21 Å². The smallest absolute Gasteiger partial charge is 0.168 e. The quantitative estimate of drug-likeness (QED) is 0.833. The minimum absolute atomic E-state index is 0.0471. The molecule has 0 aliphatic heterocycles. The maximum absolute atomic E-state index is 12.3. The SMILES string of the molecule is O=C1C[C@H](c2ccccc2)CC(O)=C1C=NCCc1cnc[nH]1. The summed E-state index contributed by atoms with van der Waals surface area (Å²) in [5, 5.41) is 10.2. The fourth-order valence-corrected chi connectivity index (χ4v) is 2.78. The normalized spacial score (nSPS) is 18.8. The van der Waals surface area contributed by atoms with Crippen LogP contribution in [0.15, 0.2) is 59.2 Å². The zero-order chi connectivity index (χ0) is 16.1. The zero-order valence-corrected chi connectivity index (χ0v) is 12.8. The number of carbonyl (C=O) groups is 1. The van der Waals surface area contributed by atoms with E-state index in [2.05, 4.69) is 15.0 Å². The van der Waals surface area contributed by atoms with E-state index in [-0.39, 0.29) is 17.5 Å². The lowest BCUT2D eigenvalue weighted by Gasteiger charge is -2.22. The number of ketones is 1. The van der Waals surface area contributed by atoms with E-state index in [1.54, 1.807) is 12.5 Å². The topological polar surface area (TPSA) is 78.3 Å². The summed E-state index contributed by atoms with van der Waals surface area (Å²) in [5.74, 6) is 0.138. The summed E-state index contributed by atoms with van der Waals surface area (Å²) in [6.07, 6.45) is 6.51. The van der Waals surface area contributed by atoms with E-state index < -0.39 is 0 Å². The summed E-state index contributed by atoms with van der Waals surface area (Å²) in [4.78, 5) is 23.5. The first-order chi connectivity index (χ1) is 11.2. The molecule has 1 aromatic heterocycles. The second-order valence-electron chi connectivity index (χ2n) is 5.66. The average Bonchev–Trinajstić information content (AvgIpc) is 3.07. The average molecular weight is 309 g/mol. The number of hydrogen-bond acceptors (Lipinski definition) is 4. The number of H-pyrrole nitrogens is 1. The Bertz CT molecular complexity index is 718. The molecular formula is C18H19N3O2. The van der Waals surface area contributed by atoms with Crippen LogP contribution in [0.3, 0.4) is 0 Å². The second kappa shape index (κ2) is 7.05. The van der Waals surface area contributed by atoms with Gasteiger partial charge in [0.15, 0.2) is 5.78 Å². The van der Waals surface area contributed by atoms with Gasteiger partial charge in [-0.2, -0.15) is 0 Å². The minimum Gasteiger partial charge on any atom is -0.511 e. The van der Waals surface area contributed by atoms with Crippen LogP contribution in [0, 0.1) is 0 Å². The van der Waals surface area contributed by atoms with Gasteiger partial charge in [0.1, 0.15) is 5.76 Å². The molecule has 5 nitrogen and oxygen atoms in total. The molecule has 1 atom stereocenters. The van der Waals surface area contributed by atoms with E-state index >= 15 is 0 Å². The standard InChI is InChI=1S/C18H19N3O2/c22-17-8-14(13-4-2-1-3-5-13)9-18(23)16(17)11-19-7-6-15-10-20-12-21-15/h1-5,10-12,14,22H,6-9H2,(H,20,21)/t14-/m1/s1. The number of nitrogens with zero attached hydrogens (tertiary/aromatic N) is 2. The van der Waals surface area contributed by atoms with Crippen molar-refractivity contribution in [3.8, 4) is 0 Å². The van der Waals surface area contributed by atoms with Crippen LogP contribution in [0.5, 0.6) is 0 Å². The molecule has 0 bridgehead atoms. The highest BCUT2D eigenvalue weighted by atomic mass is 16.3. The Hall–Kier alpha value is -2.69. The fraction of sp³-hybridized carbons (Fsp3) is 0.278. The van der Waals surface area contributed by atoms with E-state index in [9.17, 15) is 9.90 Å². The first-order valence-electron chi connectivity index (χ1n) is 7.71. The van der Waals surface area contributed by atoms with Gasteiger partial charge in [0.05, 0.1) is 11.9 Å². The number of rotatable bonds is 5. The number of imidazole rings is 1. The van der Waals surface area contributed by atoms with Gasteiger partial charge >= 0.3 is 0 Å². The highest BCUT2D eigenvalue weighted by molar-refractivity contribution is 6.14. The van der Waals surface area contributed by atoms with Gasteiger partial charge < -0.3 is 10.1 Å². The van der Waals surface area contributed by atoms with Crippen molar-refractivity contribution >= 4 is 12.0 Å². The van der Waals surface area contributed by atoms with Crippen molar-refractivity contribution in [2.75, 3.05) is 6.54 Å². The van der Waals surface area contributed by atoms with Crippen LogP contribution in [-0.4, -0.2) is 33.6 Å². The lowest BCUT2D eigenvalue weighted by molar-refractivity contribution is -0.116. The molecule has 0 spiro atoms. The second-order valence-corrected chi connectivity index (χ2v) is 5.66. The third-order valence-corrected chi connectivity index (χ3v) is 4.04. The van der Waals surface area contributed by atoms with Crippen molar-refractivity contribution in [1.29, 1.82) is 0 Å². The molecule has 1 aliphatic carbocycles. The Labute approximate surface area is 134 Å². The number of allylic oxidation sites excluding steroid dienone is 2. The number of benzene rings is 1. The number of aromatic amines is 1. The van der Waals surface area contributed by atoms with Crippen molar-refractivity contribution in [1.82, 2.24) is 9.97 Å². The Kier molecular flexibility index (Phi) is 4.66. The number of aromatic nitrogens is 2. The van der Waals surface area contributed by atoms with E-state index in [0.717, 1.165) is 17.7 Å². The molecule has 1 aromatic carbocycles. The Morgan fingerprint density at radius 3 is 2.83 bits per heavy atom. The lowest BCUT2D eigenvalue weighted by Crippen LogP contribution is -2.19. The van der Waals surface area contributed by atoms with Crippen molar-refractivity contribution in [3.63, 3.8) is 0 Å². The predicted molar refractivity (Wildman–Crippen MR) is 88.7 cm³/mol. The highest BCUT2D eigenvalue weighted by Gasteiger charge is 2.27. The van der Waals surface area contributed by atoms with Crippen LogP contribution in [-0.2, 0) is 11.2 Å². The number of aliphatic hydroxyl groups is 1. The van der Waals surface area contributed by atoms with Gasteiger partial charge in [-0.25, -0.2) is 4.98 Å². The molecule has 2 aromatic rings. The molecule has 0 radical (unpaired) electrons. The monoisotopic (exact) mass is 309 g/mol. The molecule has 5 heteroatoms. The summed E-state index contributed by atoms with van der Waals surface area (Å²) < 4.78 is 0. The minimum atomic E-state index is -0.0482. The van der Waals surface area contributed by atoms with Gasteiger partial charge in [-0.1, -0.05) is 30.3 Å². The molecule has 0 unspecified atom stereocenters. The van der Waals surface area contributed by atoms with E-state index in [0.29, 0.717) is 25.0 Å². The van der Waals surface area contributed by atoms with Gasteiger partial charge in [0, 0.05) is 43.9 Å². The van der Waals surface area contributed by atoms with Gasteiger partial charge in [0.2, 0.25) is 0 Å². The van der Waals surface area contributed by atoms with Crippen LogP contribution >= 0.6 is 0 Å². The third-order valence-electron chi connectivity index (χ3n) is 4.04. The first-order valence-corrected chi connectivity index (χ1v) is 7.71. The maximum Gasteiger partial charge on any atom is 0.168 e. The van der Waals surface area contributed by atoms with E-state index in [4.69, 9.17) is 0 Å². The summed E-state index contributed by atoms with van der Waals surface area (Å²) in [6, 6.07) is 9.84. The largest absolute Gasteiger partial charge is 0.511 e. The summed E-state index contributed by atoms with van der Waals surface area (Å²) >= 11 is 0. The fourth-order valence-electron chi connectivity index (χ4n) is 2.78. The molecular weight excluding hydrogens is 290 g/mol. The molecule has 0 saturated heterocycles. The van der Waals surface area contributed by atoms with Crippen molar-refractivity contribution in [3.05, 3.63) is 65.4 Å². The van der Waals surface area contributed by atoms with Crippen molar-refractivity contribution in [2.45, 2.75) is 25.2 Å². The Balaban J connectivity index is 1.64. The number of carbonyl (C=O) groups excluding carboxylic acids is 1. The molecule has 118 valence electrons. The zero-order valence-electron chi connectivity index (χ0n) is 12.8. The number of aliphatic hydroxyl groups excluding tert-OH is 1. The van der Waals surface area contributed by atoms with Gasteiger partial charge in [-0.05, 0) is 11.5 Å². The first kappa shape index (κ1) is 15.2. The Morgan fingerprint density at radius 2 is 2.13 bits per heavy atom. The maximum atomic E-state index is 12.3. The van der Waals surface area contributed by atoms with Gasteiger partial charge in [-0.3, -0.25) is 9.79 Å². The van der Waals surface area contributed by atoms with Crippen LogP contribution < -0.4 is 0 Å². The number of hydrogen-bond donors (Lipinski definition) is 2. The van der Waals surface area contributed by atoms with Crippen molar-refractivity contribution < 1.29 is 9.90 Å². The summed E-state index contributed by atoms with van der Waals surface area (Å²) in [6.45, 7) is 0.550. The molecule has 1 aliphatic rings. The van der Waals surface area contributed by atoms with Crippen LogP contribution in [0.1, 0.15) is 30.0 Å². The van der Waals surface area contributed by atoms with Crippen LogP contribution in [0.2, 0.25) is 0 Å². The summed E-state index contributed by atoms with van der Waals surface area (Å²) in [7, 11) is 0. The Morgan fingerprint density at radius 1 is 1.30 bits per heavy atom. The highest BCUT2D eigenvalue weighted by Crippen LogP contribution is 2.32. The van der Waals surface area contributed by atoms with Gasteiger partial charge in [-0.15, -0.1) is 0 Å². The molecule has 3 rings (SSSR count). The number of nitrogens with one attached hydrogen (secondary N) is 1. The predicted octanol–water partition coefficient (Wildman–Crippen LogP) is 2.98. The summed E-state index contributed by atoms with van der Waals surface area (Å²) in [5.41, 5.74) is 2.43. The van der Waals surface area contributed by atoms with Crippen LogP contribution in [0.25, 0.3) is 0 Å². The molecule has 1 heterocycles.